The molecule has 0 saturated heterocycles. The molecule has 3 heteroatoms. The molecule has 0 aromatic heterocycles. The van der Waals surface area contributed by atoms with Crippen molar-refractivity contribution in [1.29, 1.82) is 0 Å². The number of hydrogen-bond acceptors (Lipinski definition) is 1. The summed E-state index contributed by atoms with van der Waals surface area (Å²) in [5.41, 5.74) is 4.11. The molecule has 0 aliphatic heterocycles. The van der Waals surface area contributed by atoms with Gasteiger partial charge in [-0.2, -0.15) is 0 Å². The minimum absolute atomic E-state index is 0.388. The van der Waals surface area contributed by atoms with Crippen LogP contribution in [0.3, 0.4) is 0 Å². The molecule has 0 saturated carbocycles. The summed E-state index contributed by atoms with van der Waals surface area (Å²) in [6.07, 6.45) is 0. The maximum absolute atomic E-state index is 13.4. The van der Waals surface area contributed by atoms with Crippen molar-refractivity contribution in [2.75, 3.05) is 0 Å². The van der Waals surface area contributed by atoms with Crippen LogP contribution in [0.25, 0.3) is 0 Å². The second kappa shape index (κ2) is 5.93. The lowest BCUT2D eigenvalue weighted by atomic mass is 10.1. The number of rotatable bonds is 4. The largest absolute Gasteiger partial charge is 0.309 e. The molecule has 0 bridgehead atoms. The normalized spacial score (nSPS) is 10.7. The lowest BCUT2D eigenvalue weighted by Crippen LogP contribution is -2.14. The monoisotopic (exact) mass is 261 g/mol. The fraction of sp³-hybridized carbons (Fsp3) is 0.250. The summed E-state index contributed by atoms with van der Waals surface area (Å²) in [6, 6.07) is 9.90. The van der Waals surface area contributed by atoms with Gasteiger partial charge in [-0.25, -0.2) is 8.78 Å². The van der Waals surface area contributed by atoms with Crippen LogP contribution in [0.4, 0.5) is 8.78 Å². The molecule has 0 aliphatic rings. The van der Waals surface area contributed by atoms with Crippen molar-refractivity contribution < 1.29 is 8.78 Å². The molecule has 0 atom stereocenters. The van der Waals surface area contributed by atoms with Crippen LogP contribution in [0, 0.1) is 25.5 Å². The van der Waals surface area contributed by atoms with Crippen molar-refractivity contribution >= 4 is 0 Å². The first-order valence-corrected chi connectivity index (χ1v) is 6.27. The zero-order valence-electron chi connectivity index (χ0n) is 11.1. The van der Waals surface area contributed by atoms with E-state index in [-0.39, 0.29) is 0 Å². The van der Waals surface area contributed by atoms with Gasteiger partial charge in [0, 0.05) is 24.7 Å². The topological polar surface area (TPSA) is 12.0 Å². The SMILES string of the molecule is Cc1ccc(CNCc2ccc(F)cc2F)c(C)c1. The van der Waals surface area contributed by atoms with Crippen molar-refractivity contribution in [2.24, 2.45) is 0 Å². The Morgan fingerprint density at radius 1 is 0.895 bits per heavy atom. The van der Waals surface area contributed by atoms with Gasteiger partial charge in [-0.1, -0.05) is 29.8 Å². The molecular formula is C16H17F2N. The summed E-state index contributed by atoms with van der Waals surface area (Å²) in [4.78, 5) is 0. The van der Waals surface area contributed by atoms with Gasteiger partial charge in [0.15, 0.2) is 0 Å². The van der Waals surface area contributed by atoms with Gasteiger partial charge in [-0.3, -0.25) is 0 Å². The molecule has 1 N–H and O–H groups in total. The van der Waals surface area contributed by atoms with Crippen molar-refractivity contribution in [3.8, 4) is 0 Å². The van der Waals surface area contributed by atoms with Crippen LogP contribution in [-0.2, 0) is 13.1 Å². The molecule has 0 amide bonds. The van der Waals surface area contributed by atoms with Crippen LogP contribution in [0.5, 0.6) is 0 Å². The second-order valence-electron chi connectivity index (χ2n) is 4.77. The van der Waals surface area contributed by atoms with Gasteiger partial charge >= 0.3 is 0 Å². The molecule has 0 heterocycles. The van der Waals surface area contributed by atoms with Crippen LogP contribution in [-0.4, -0.2) is 0 Å². The third-order valence-corrected chi connectivity index (χ3v) is 3.14. The average molecular weight is 261 g/mol. The Labute approximate surface area is 112 Å². The van der Waals surface area contributed by atoms with Gasteiger partial charge in [-0.15, -0.1) is 0 Å². The molecule has 0 fully saturated rings. The summed E-state index contributed by atoms with van der Waals surface area (Å²) >= 11 is 0. The van der Waals surface area contributed by atoms with E-state index in [0.717, 1.165) is 6.07 Å². The highest BCUT2D eigenvalue weighted by atomic mass is 19.1. The smallest absolute Gasteiger partial charge is 0.130 e. The number of benzene rings is 2. The van der Waals surface area contributed by atoms with E-state index in [9.17, 15) is 8.78 Å². The highest BCUT2D eigenvalue weighted by molar-refractivity contribution is 5.30. The fourth-order valence-electron chi connectivity index (χ4n) is 2.04. The van der Waals surface area contributed by atoms with Crippen molar-refractivity contribution in [3.63, 3.8) is 0 Å². The lowest BCUT2D eigenvalue weighted by molar-refractivity contribution is 0.560. The first-order valence-electron chi connectivity index (χ1n) is 6.27. The van der Waals surface area contributed by atoms with Gasteiger partial charge < -0.3 is 5.32 Å². The van der Waals surface area contributed by atoms with Gasteiger partial charge in [0.1, 0.15) is 11.6 Å². The molecule has 19 heavy (non-hydrogen) atoms. The molecule has 0 spiro atoms. The first kappa shape index (κ1) is 13.7. The van der Waals surface area contributed by atoms with E-state index in [1.807, 2.05) is 0 Å². The quantitative estimate of drug-likeness (QED) is 0.881. The van der Waals surface area contributed by atoms with E-state index in [4.69, 9.17) is 0 Å². The van der Waals surface area contributed by atoms with E-state index >= 15 is 0 Å². The van der Waals surface area contributed by atoms with Crippen molar-refractivity contribution in [1.82, 2.24) is 5.32 Å². The number of halogens is 2. The van der Waals surface area contributed by atoms with Crippen LogP contribution in [0.1, 0.15) is 22.3 Å². The Hall–Kier alpha value is -1.74. The van der Waals surface area contributed by atoms with E-state index in [2.05, 4.69) is 37.4 Å². The molecule has 100 valence electrons. The van der Waals surface area contributed by atoms with Crippen molar-refractivity contribution in [2.45, 2.75) is 26.9 Å². The van der Waals surface area contributed by atoms with Crippen LogP contribution >= 0.6 is 0 Å². The zero-order chi connectivity index (χ0) is 13.8. The molecule has 1 nitrogen and oxygen atoms in total. The van der Waals surface area contributed by atoms with E-state index in [1.54, 1.807) is 0 Å². The van der Waals surface area contributed by atoms with E-state index in [1.165, 1.54) is 28.8 Å². The van der Waals surface area contributed by atoms with Crippen LogP contribution in [0.2, 0.25) is 0 Å². The first-order chi connectivity index (χ1) is 9.06. The standard InChI is InChI=1S/C16H17F2N/c1-11-3-4-13(12(2)7-11)9-19-10-14-5-6-15(17)8-16(14)18/h3-8,19H,9-10H2,1-2H3. The third kappa shape index (κ3) is 3.61. The van der Waals surface area contributed by atoms with E-state index < -0.39 is 11.6 Å². The summed E-state index contributed by atoms with van der Waals surface area (Å²) < 4.78 is 26.2. The van der Waals surface area contributed by atoms with Crippen LogP contribution in [0.15, 0.2) is 36.4 Å². The highest BCUT2D eigenvalue weighted by Crippen LogP contribution is 2.12. The van der Waals surface area contributed by atoms with Gasteiger partial charge in [-0.05, 0) is 31.0 Å². The predicted molar refractivity (Wildman–Crippen MR) is 72.8 cm³/mol. The Morgan fingerprint density at radius 2 is 1.58 bits per heavy atom. The molecule has 0 aliphatic carbocycles. The minimum atomic E-state index is -0.546. The minimum Gasteiger partial charge on any atom is -0.309 e. The Balaban J connectivity index is 1.96. The summed E-state index contributed by atoms with van der Waals surface area (Å²) in [5.74, 6) is -1.05. The maximum Gasteiger partial charge on any atom is 0.130 e. The predicted octanol–water partition coefficient (Wildman–Crippen LogP) is 3.87. The molecule has 2 aromatic carbocycles. The number of nitrogens with one attached hydrogen (secondary N) is 1. The second-order valence-corrected chi connectivity index (χ2v) is 4.77. The van der Waals surface area contributed by atoms with Gasteiger partial charge in [0.2, 0.25) is 0 Å². The molecule has 0 radical (unpaired) electrons. The molecular weight excluding hydrogens is 244 g/mol. The number of hydrogen-bond donors (Lipinski definition) is 1. The van der Waals surface area contributed by atoms with Crippen molar-refractivity contribution in [3.05, 3.63) is 70.3 Å². The zero-order valence-corrected chi connectivity index (χ0v) is 11.1. The summed E-state index contributed by atoms with van der Waals surface area (Å²) in [7, 11) is 0. The highest BCUT2D eigenvalue weighted by Gasteiger charge is 2.04. The molecule has 2 aromatic rings. The average Bonchev–Trinajstić information content (AvgIpc) is 2.34. The van der Waals surface area contributed by atoms with Gasteiger partial charge in [0.25, 0.3) is 0 Å². The molecule has 0 unspecified atom stereocenters. The Morgan fingerprint density at radius 3 is 2.26 bits per heavy atom. The van der Waals surface area contributed by atoms with E-state index in [0.29, 0.717) is 18.7 Å². The Bertz CT molecular complexity index is 527. The Kier molecular flexibility index (Phi) is 4.27. The number of aryl methyl sites for hydroxylation is 2. The van der Waals surface area contributed by atoms with Crippen LogP contribution < -0.4 is 5.32 Å². The third-order valence-electron chi connectivity index (χ3n) is 3.14. The maximum atomic E-state index is 13.4. The summed E-state index contributed by atoms with van der Waals surface area (Å²) in [5, 5.41) is 3.18. The fourth-order valence-corrected chi connectivity index (χ4v) is 2.04. The lowest BCUT2D eigenvalue weighted by Gasteiger charge is -2.09. The van der Waals surface area contributed by atoms with Gasteiger partial charge in [0.05, 0.1) is 0 Å². The molecule has 2 rings (SSSR count). The summed E-state index contributed by atoms with van der Waals surface area (Å²) in [6.45, 7) is 5.17.